The molecule has 0 bridgehead atoms. The van der Waals surface area contributed by atoms with Gasteiger partial charge in [-0.1, -0.05) is 12.1 Å². The van der Waals surface area contributed by atoms with Crippen LogP contribution in [0.25, 0.3) is 0 Å². The lowest BCUT2D eigenvalue weighted by atomic mass is 10.2. The first kappa shape index (κ1) is 16.3. The topological polar surface area (TPSA) is 90.3 Å². The highest BCUT2D eigenvalue weighted by Crippen LogP contribution is 2.18. The molecule has 1 aromatic rings. The Hall–Kier alpha value is -2.07. The number of nitriles is 1. The van der Waals surface area contributed by atoms with E-state index >= 15 is 0 Å². The minimum atomic E-state index is -3.02. The highest BCUT2D eigenvalue weighted by Gasteiger charge is 2.33. The number of carbonyl (C=O) groups excluding carboxylic acids is 1. The molecule has 2 rings (SSSR count). The third kappa shape index (κ3) is 3.77. The number of sulfone groups is 1. The third-order valence-corrected chi connectivity index (χ3v) is 5.54. The van der Waals surface area contributed by atoms with Crippen LogP contribution in [0, 0.1) is 11.3 Å². The van der Waals surface area contributed by atoms with Crippen LogP contribution in [0.1, 0.15) is 18.9 Å². The van der Waals surface area contributed by atoms with Crippen molar-refractivity contribution in [3.8, 4) is 6.07 Å². The van der Waals surface area contributed by atoms with Gasteiger partial charge in [-0.05, 0) is 25.5 Å². The molecule has 22 heavy (non-hydrogen) atoms. The molecule has 0 aromatic heterocycles. The van der Waals surface area contributed by atoms with E-state index in [0.29, 0.717) is 24.2 Å². The number of anilines is 1. The number of hydrogen-bond acceptors (Lipinski definition) is 5. The Kier molecular flexibility index (Phi) is 5.03. The van der Waals surface area contributed by atoms with Gasteiger partial charge in [-0.3, -0.25) is 4.79 Å². The minimum absolute atomic E-state index is 0.0430. The van der Waals surface area contributed by atoms with Gasteiger partial charge < -0.3 is 10.2 Å². The van der Waals surface area contributed by atoms with E-state index in [1.54, 1.807) is 29.2 Å². The zero-order valence-corrected chi connectivity index (χ0v) is 13.3. The van der Waals surface area contributed by atoms with Crippen LogP contribution in [0.3, 0.4) is 0 Å². The number of para-hydroxylation sites is 1. The van der Waals surface area contributed by atoms with Crippen molar-refractivity contribution in [3.63, 3.8) is 0 Å². The summed E-state index contributed by atoms with van der Waals surface area (Å²) in [5.41, 5.74) is 1.08. The summed E-state index contributed by atoms with van der Waals surface area (Å²) in [7, 11) is -3.02. The van der Waals surface area contributed by atoms with Gasteiger partial charge in [-0.2, -0.15) is 5.26 Å². The number of nitrogens with one attached hydrogen (secondary N) is 1. The largest absolute Gasteiger partial charge is 0.375 e. The van der Waals surface area contributed by atoms with Gasteiger partial charge in [0, 0.05) is 12.6 Å². The summed E-state index contributed by atoms with van der Waals surface area (Å²) in [6, 6.07) is 8.78. The molecular formula is C15H19N3O3S. The van der Waals surface area contributed by atoms with Gasteiger partial charge in [-0.15, -0.1) is 0 Å². The molecule has 6 nitrogen and oxygen atoms in total. The second-order valence-electron chi connectivity index (χ2n) is 5.25. The number of carbonyl (C=O) groups is 1. The molecule has 1 heterocycles. The molecule has 0 radical (unpaired) electrons. The molecule has 1 aromatic carbocycles. The van der Waals surface area contributed by atoms with Crippen molar-refractivity contribution in [1.29, 1.82) is 5.26 Å². The van der Waals surface area contributed by atoms with Crippen molar-refractivity contribution < 1.29 is 13.2 Å². The standard InChI is InChI=1S/C15H19N3O3S/c1-2-18(13-7-8-22(20,21)11-13)15(19)10-17-14-6-4-3-5-12(14)9-16/h3-6,13,17H,2,7-8,10-11H2,1H3. The quantitative estimate of drug-likeness (QED) is 0.874. The summed E-state index contributed by atoms with van der Waals surface area (Å²) in [4.78, 5) is 13.9. The van der Waals surface area contributed by atoms with Crippen LogP contribution >= 0.6 is 0 Å². The fourth-order valence-electron chi connectivity index (χ4n) is 2.67. The van der Waals surface area contributed by atoms with Crippen LogP contribution in [0.5, 0.6) is 0 Å². The van der Waals surface area contributed by atoms with Crippen molar-refractivity contribution in [3.05, 3.63) is 29.8 Å². The monoisotopic (exact) mass is 321 g/mol. The second kappa shape index (κ2) is 6.79. The second-order valence-corrected chi connectivity index (χ2v) is 7.48. The lowest BCUT2D eigenvalue weighted by Crippen LogP contribution is -2.43. The molecule has 1 saturated heterocycles. The first-order valence-corrected chi connectivity index (χ1v) is 9.02. The van der Waals surface area contributed by atoms with Crippen molar-refractivity contribution in [1.82, 2.24) is 4.90 Å². The van der Waals surface area contributed by atoms with E-state index in [2.05, 4.69) is 11.4 Å². The summed E-state index contributed by atoms with van der Waals surface area (Å²) in [5, 5.41) is 12.0. The number of benzene rings is 1. The Morgan fingerprint density at radius 1 is 1.45 bits per heavy atom. The Balaban J connectivity index is 2.00. The number of rotatable bonds is 5. The molecule has 0 saturated carbocycles. The molecule has 1 N–H and O–H groups in total. The fourth-order valence-corrected chi connectivity index (χ4v) is 4.40. The van der Waals surface area contributed by atoms with E-state index in [-0.39, 0.29) is 30.0 Å². The minimum Gasteiger partial charge on any atom is -0.375 e. The summed E-state index contributed by atoms with van der Waals surface area (Å²) in [6.45, 7) is 2.36. The Morgan fingerprint density at radius 3 is 2.77 bits per heavy atom. The summed E-state index contributed by atoms with van der Waals surface area (Å²) < 4.78 is 23.1. The maximum Gasteiger partial charge on any atom is 0.242 e. The lowest BCUT2D eigenvalue weighted by Gasteiger charge is -2.27. The first-order valence-electron chi connectivity index (χ1n) is 7.19. The van der Waals surface area contributed by atoms with Gasteiger partial charge in [-0.25, -0.2) is 8.42 Å². The molecule has 1 unspecified atom stereocenters. The lowest BCUT2D eigenvalue weighted by molar-refractivity contribution is -0.130. The molecule has 1 atom stereocenters. The van der Waals surface area contributed by atoms with Crippen molar-refractivity contribution in [2.45, 2.75) is 19.4 Å². The molecule has 1 fully saturated rings. The Labute approximate surface area is 130 Å². The smallest absolute Gasteiger partial charge is 0.242 e. The van der Waals surface area contributed by atoms with E-state index in [0.717, 1.165) is 0 Å². The van der Waals surface area contributed by atoms with Gasteiger partial charge >= 0.3 is 0 Å². The van der Waals surface area contributed by atoms with E-state index in [1.165, 1.54) is 0 Å². The van der Waals surface area contributed by atoms with Gasteiger partial charge in [0.1, 0.15) is 6.07 Å². The maximum atomic E-state index is 12.3. The van der Waals surface area contributed by atoms with E-state index in [4.69, 9.17) is 5.26 Å². The zero-order valence-electron chi connectivity index (χ0n) is 12.4. The van der Waals surface area contributed by atoms with E-state index < -0.39 is 9.84 Å². The molecule has 1 aliphatic heterocycles. The average molecular weight is 321 g/mol. The van der Waals surface area contributed by atoms with Crippen LogP contribution in [0.2, 0.25) is 0 Å². The number of likely N-dealkylation sites (N-methyl/N-ethyl adjacent to an activating group) is 1. The Morgan fingerprint density at radius 2 is 2.18 bits per heavy atom. The van der Waals surface area contributed by atoms with Crippen LogP contribution in [-0.4, -0.2) is 49.9 Å². The highest BCUT2D eigenvalue weighted by atomic mass is 32.2. The summed E-state index contributed by atoms with van der Waals surface area (Å²) in [6.07, 6.45) is 0.497. The first-order chi connectivity index (χ1) is 10.5. The molecule has 0 spiro atoms. The predicted molar refractivity (Wildman–Crippen MR) is 84.1 cm³/mol. The molecule has 7 heteroatoms. The maximum absolute atomic E-state index is 12.3. The predicted octanol–water partition coefficient (Wildman–Crippen LogP) is 1.01. The van der Waals surface area contributed by atoms with Gasteiger partial charge in [0.25, 0.3) is 0 Å². The van der Waals surface area contributed by atoms with Crippen LogP contribution in [-0.2, 0) is 14.6 Å². The SMILES string of the molecule is CCN(C(=O)CNc1ccccc1C#N)C1CCS(=O)(=O)C1. The molecular weight excluding hydrogens is 302 g/mol. The molecule has 1 aliphatic rings. The van der Waals surface area contributed by atoms with Crippen LogP contribution in [0.15, 0.2) is 24.3 Å². The van der Waals surface area contributed by atoms with Gasteiger partial charge in [0.15, 0.2) is 9.84 Å². The molecule has 0 aliphatic carbocycles. The Bertz CT molecular complexity index is 694. The van der Waals surface area contributed by atoms with Crippen molar-refractivity contribution in [2.24, 2.45) is 0 Å². The van der Waals surface area contributed by atoms with Crippen molar-refractivity contribution >= 4 is 21.4 Å². The number of nitrogens with zero attached hydrogens (tertiary/aromatic N) is 2. The highest BCUT2D eigenvalue weighted by molar-refractivity contribution is 7.91. The van der Waals surface area contributed by atoms with Crippen LogP contribution in [0.4, 0.5) is 5.69 Å². The molecule has 1 amide bonds. The normalized spacial score (nSPS) is 19.4. The fraction of sp³-hybridized carbons (Fsp3) is 0.467. The van der Waals surface area contributed by atoms with E-state index in [1.807, 2.05) is 6.92 Å². The third-order valence-electron chi connectivity index (χ3n) is 3.79. The van der Waals surface area contributed by atoms with Crippen molar-refractivity contribution in [2.75, 3.05) is 29.9 Å². The molecule has 118 valence electrons. The average Bonchev–Trinajstić information content (AvgIpc) is 2.86. The summed E-state index contributed by atoms with van der Waals surface area (Å²) in [5.74, 6) is 0.0328. The number of hydrogen-bond donors (Lipinski definition) is 1. The van der Waals surface area contributed by atoms with Crippen LogP contribution < -0.4 is 5.32 Å². The van der Waals surface area contributed by atoms with Gasteiger partial charge in [0.05, 0.1) is 29.3 Å². The van der Waals surface area contributed by atoms with Gasteiger partial charge in [0.2, 0.25) is 5.91 Å². The zero-order chi connectivity index (χ0) is 16.2. The summed E-state index contributed by atoms with van der Waals surface area (Å²) >= 11 is 0. The number of amides is 1. The van der Waals surface area contributed by atoms with E-state index in [9.17, 15) is 13.2 Å².